The summed E-state index contributed by atoms with van der Waals surface area (Å²) in [6.07, 6.45) is 6.45. The first-order valence-electron chi connectivity index (χ1n) is 11.9. The molecule has 0 aliphatic heterocycles. The summed E-state index contributed by atoms with van der Waals surface area (Å²) in [5.41, 5.74) is 9.95. The lowest BCUT2D eigenvalue weighted by Gasteiger charge is -2.43. The second kappa shape index (κ2) is 6.91. The molecule has 32 heavy (non-hydrogen) atoms. The Morgan fingerprint density at radius 3 is 2.34 bits per heavy atom. The van der Waals surface area contributed by atoms with Crippen LogP contribution < -0.4 is 4.57 Å². The van der Waals surface area contributed by atoms with E-state index in [2.05, 4.69) is 89.5 Å². The molecule has 3 heterocycles. The van der Waals surface area contributed by atoms with Gasteiger partial charge < -0.3 is 4.42 Å². The van der Waals surface area contributed by atoms with Gasteiger partial charge >= 0.3 is 0 Å². The first-order valence-corrected chi connectivity index (χ1v) is 11.9. The summed E-state index contributed by atoms with van der Waals surface area (Å²) in [7, 11) is 2.15. The van der Waals surface area contributed by atoms with Crippen molar-refractivity contribution in [2.75, 3.05) is 0 Å². The van der Waals surface area contributed by atoms with E-state index in [1.54, 1.807) is 0 Å². The third-order valence-corrected chi connectivity index (χ3v) is 7.75. The largest absolute Gasteiger partial charge is 0.437 e. The highest BCUT2D eigenvalue weighted by atomic mass is 16.3. The molecule has 1 aliphatic carbocycles. The van der Waals surface area contributed by atoms with E-state index in [4.69, 9.17) is 4.42 Å². The van der Waals surface area contributed by atoms with Crippen LogP contribution in [-0.2, 0) is 17.9 Å². The zero-order valence-electron chi connectivity index (χ0n) is 20.8. The van der Waals surface area contributed by atoms with Crippen LogP contribution in [0.15, 0.2) is 41.1 Å². The molecule has 1 aliphatic rings. The Morgan fingerprint density at radius 2 is 1.69 bits per heavy atom. The molecule has 0 saturated carbocycles. The molecule has 0 unspecified atom stereocenters. The van der Waals surface area contributed by atoms with Crippen LogP contribution in [0.4, 0.5) is 0 Å². The van der Waals surface area contributed by atoms with E-state index in [-0.39, 0.29) is 10.8 Å². The molecular formula is C29H35N2O+. The topological polar surface area (TPSA) is 29.9 Å². The van der Waals surface area contributed by atoms with Crippen LogP contribution in [0, 0.1) is 6.92 Å². The molecule has 0 spiro atoms. The molecule has 3 heteroatoms. The lowest BCUT2D eigenvalue weighted by Crippen LogP contribution is -2.36. The molecule has 1 aromatic carbocycles. The van der Waals surface area contributed by atoms with Gasteiger partial charge in [0.1, 0.15) is 7.05 Å². The van der Waals surface area contributed by atoms with Crippen LogP contribution in [0.2, 0.25) is 0 Å². The predicted molar refractivity (Wildman–Crippen MR) is 132 cm³/mol. The quantitative estimate of drug-likeness (QED) is 0.315. The fourth-order valence-corrected chi connectivity index (χ4v) is 5.90. The van der Waals surface area contributed by atoms with E-state index in [0.717, 1.165) is 16.7 Å². The molecule has 3 nitrogen and oxygen atoms in total. The van der Waals surface area contributed by atoms with Crippen LogP contribution in [-0.4, -0.2) is 4.98 Å². The first kappa shape index (κ1) is 21.2. The van der Waals surface area contributed by atoms with Crippen LogP contribution in [0.5, 0.6) is 0 Å². The smallest absolute Gasteiger partial charge is 0.227 e. The van der Waals surface area contributed by atoms with Crippen LogP contribution >= 0.6 is 0 Å². The highest BCUT2D eigenvalue weighted by Crippen LogP contribution is 2.54. The van der Waals surface area contributed by atoms with Gasteiger partial charge in [0.2, 0.25) is 11.4 Å². The Morgan fingerprint density at radius 1 is 1.00 bits per heavy atom. The second-order valence-corrected chi connectivity index (χ2v) is 11.3. The maximum absolute atomic E-state index is 6.55. The van der Waals surface area contributed by atoms with Crippen molar-refractivity contribution in [1.29, 1.82) is 0 Å². The fraction of sp³-hybridized carbons (Fsp3) is 0.448. The van der Waals surface area contributed by atoms with E-state index in [1.807, 2.05) is 12.3 Å². The zero-order chi connectivity index (χ0) is 23.0. The zero-order valence-corrected chi connectivity index (χ0v) is 20.8. The molecule has 5 rings (SSSR count). The first-order chi connectivity index (χ1) is 15.0. The maximum Gasteiger partial charge on any atom is 0.227 e. The fourth-order valence-electron chi connectivity index (χ4n) is 5.90. The summed E-state index contributed by atoms with van der Waals surface area (Å²) in [4.78, 5) is 4.60. The van der Waals surface area contributed by atoms with Crippen molar-refractivity contribution in [3.8, 4) is 11.3 Å². The molecule has 0 amide bonds. The number of benzene rings is 1. The predicted octanol–water partition coefficient (Wildman–Crippen LogP) is 7.25. The lowest BCUT2D eigenvalue weighted by molar-refractivity contribution is -0.660. The molecule has 3 aromatic heterocycles. The Kier molecular flexibility index (Phi) is 4.57. The van der Waals surface area contributed by atoms with Crippen molar-refractivity contribution in [2.24, 2.45) is 7.05 Å². The second-order valence-electron chi connectivity index (χ2n) is 11.3. The summed E-state index contributed by atoms with van der Waals surface area (Å²) >= 11 is 0. The van der Waals surface area contributed by atoms with Gasteiger partial charge in [0.05, 0.1) is 5.56 Å². The van der Waals surface area contributed by atoms with E-state index >= 15 is 0 Å². The van der Waals surface area contributed by atoms with Gasteiger partial charge in [-0.3, -0.25) is 0 Å². The van der Waals surface area contributed by atoms with Crippen molar-refractivity contribution in [2.45, 2.75) is 78.1 Å². The molecule has 0 bridgehead atoms. The highest BCUT2D eigenvalue weighted by Gasteiger charge is 2.42. The maximum atomic E-state index is 6.55. The molecule has 0 radical (unpaired) electrons. The Balaban J connectivity index is 2.00. The van der Waals surface area contributed by atoms with Gasteiger partial charge in [-0.2, -0.15) is 0 Å². The standard InChI is InChI=1S/C29H35N2O/c1-17(2)19-11-12-21(31(8)16-19)22-18(3)24-25(29(6,7)14-13-28(24,4)5)23-20-10-9-15-30-27(20)32-26(22)23/h9-12,15-17H,13-14H2,1-8H3/q+1. The average Bonchev–Trinajstić information content (AvgIpc) is 3.10. The van der Waals surface area contributed by atoms with Gasteiger partial charge in [-0.05, 0) is 71.4 Å². The molecule has 0 fully saturated rings. The molecular weight excluding hydrogens is 392 g/mol. The Hall–Kier alpha value is -2.68. The molecule has 0 N–H and O–H groups in total. The monoisotopic (exact) mass is 427 g/mol. The average molecular weight is 428 g/mol. The number of rotatable bonds is 2. The van der Waals surface area contributed by atoms with Crippen molar-refractivity contribution >= 4 is 22.1 Å². The molecule has 4 aromatic rings. The van der Waals surface area contributed by atoms with Gasteiger partial charge in [0.15, 0.2) is 11.8 Å². The summed E-state index contributed by atoms with van der Waals surface area (Å²) in [5, 5.41) is 2.39. The minimum absolute atomic E-state index is 0.0860. The van der Waals surface area contributed by atoms with Gasteiger partial charge in [-0.15, -0.1) is 0 Å². The van der Waals surface area contributed by atoms with Crippen LogP contribution in [0.3, 0.4) is 0 Å². The molecule has 166 valence electrons. The summed E-state index contributed by atoms with van der Waals surface area (Å²) in [5.74, 6) is 0.495. The van der Waals surface area contributed by atoms with E-state index in [0.29, 0.717) is 5.92 Å². The minimum Gasteiger partial charge on any atom is -0.437 e. The van der Waals surface area contributed by atoms with Crippen LogP contribution in [0.25, 0.3) is 33.3 Å². The highest BCUT2D eigenvalue weighted by molar-refractivity contribution is 6.12. The van der Waals surface area contributed by atoms with Crippen molar-refractivity contribution in [3.05, 3.63) is 58.9 Å². The van der Waals surface area contributed by atoms with Gasteiger partial charge in [-0.1, -0.05) is 41.5 Å². The Labute approximate surface area is 191 Å². The number of pyridine rings is 2. The molecule has 0 atom stereocenters. The number of hydrogen-bond acceptors (Lipinski definition) is 2. The number of aromatic nitrogens is 2. The number of hydrogen-bond donors (Lipinski definition) is 0. The SMILES string of the molecule is Cc1c2c(c3c(oc4ncccc43)c1-c1ccc(C(C)C)c[n+]1C)C(C)(C)CCC2(C)C. The van der Waals surface area contributed by atoms with E-state index in [9.17, 15) is 0 Å². The van der Waals surface area contributed by atoms with Gasteiger partial charge in [-0.25, -0.2) is 9.55 Å². The van der Waals surface area contributed by atoms with Crippen molar-refractivity contribution in [3.63, 3.8) is 0 Å². The normalized spacial score (nSPS) is 17.3. The summed E-state index contributed by atoms with van der Waals surface area (Å²) < 4.78 is 8.82. The Bertz CT molecular complexity index is 1370. The van der Waals surface area contributed by atoms with E-state index in [1.165, 1.54) is 51.7 Å². The number of aryl methyl sites for hydroxylation is 1. The third kappa shape index (κ3) is 2.93. The van der Waals surface area contributed by atoms with Gasteiger partial charge in [0, 0.05) is 28.6 Å². The van der Waals surface area contributed by atoms with Crippen LogP contribution in [0.1, 0.15) is 82.6 Å². The third-order valence-electron chi connectivity index (χ3n) is 7.75. The minimum atomic E-state index is 0.0860. The summed E-state index contributed by atoms with van der Waals surface area (Å²) in [6.45, 7) is 16.4. The van der Waals surface area contributed by atoms with Crippen molar-refractivity contribution < 1.29 is 8.98 Å². The van der Waals surface area contributed by atoms with Gasteiger partial charge in [0.25, 0.3) is 0 Å². The van der Waals surface area contributed by atoms with Crippen molar-refractivity contribution in [1.82, 2.24) is 4.98 Å². The number of nitrogens with zero attached hydrogens (tertiary/aromatic N) is 2. The number of fused-ring (bicyclic) bond motifs is 5. The summed E-state index contributed by atoms with van der Waals surface area (Å²) in [6, 6.07) is 8.74. The van der Waals surface area contributed by atoms with E-state index < -0.39 is 0 Å². The molecule has 0 saturated heterocycles. The number of furan rings is 1. The lowest BCUT2D eigenvalue weighted by atomic mass is 9.60.